The van der Waals surface area contributed by atoms with Crippen LogP contribution in [0.5, 0.6) is 0 Å². The summed E-state index contributed by atoms with van der Waals surface area (Å²) in [6, 6.07) is -1.67. The Morgan fingerprint density at radius 1 is 1.30 bits per heavy atom. The first kappa shape index (κ1) is 17.7. The topological polar surface area (TPSA) is 98.7 Å². The van der Waals surface area contributed by atoms with Crippen molar-refractivity contribution >= 4 is 17.8 Å². The first-order chi connectivity index (χ1) is 11.0. The number of hydrogen-bond donors (Lipinski definition) is 3. The fraction of sp³-hybridized carbons (Fsp3) is 0.812. The highest BCUT2D eigenvalue weighted by Gasteiger charge is 2.39. The van der Waals surface area contributed by atoms with E-state index in [2.05, 4.69) is 10.6 Å². The van der Waals surface area contributed by atoms with Crippen LogP contribution in [0, 0.1) is 5.92 Å². The standard InChI is InChI=1S/C16H27N3O4/c1-3-10(2)13(18-14(20)11-6-4-8-17-11)15(21)19-9-5-7-12(19)16(22)23/h10-13,17H,3-9H2,1-2H3,(H,18,20)(H,22,23)/t10-,11-,12+,13-/m0/s1. The lowest BCUT2D eigenvalue weighted by molar-refractivity contribution is -0.150. The van der Waals surface area contributed by atoms with Gasteiger partial charge in [0.05, 0.1) is 6.04 Å². The molecule has 0 aromatic carbocycles. The summed E-state index contributed by atoms with van der Waals surface area (Å²) in [5.41, 5.74) is 0. The minimum Gasteiger partial charge on any atom is -0.480 e. The molecule has 2 aliphatic rings. The second kappa shape index (κ2) is 7.77. The molecule has 0 aliphatic carbocycles. The van der Waals surface area contributed by atoms with Gasteiger partial charge in [-0.2, -0.15) is 0 Å². The van der Waals surface area contributed by atoms with Crippen molar-refractivity contribution in [2.75, 3.05) is 13.1 Å². The van der Waals surface area contributed by atoms with Crippen molar-refractivity contribution in [3.63, 3.8) is 0 Å². The van der Waals surface area contributed by atoms with Gasteiger partial charge in [0.2, 0.25) is 11.8 Å². The molecule has 2 fully saturated rings. The average Bonchev–Trinajstić information content (AvgIpc) is 3.21. The molecule has 0 radical (unpaired) electrons. The van der Waals surface area contributed by atoms with Crippen molar-refractivity contribution in [2.24, 2.45) is 5.92 Å². The third-order valence-electron chi connectivity index (χ3n) is 4.97. The van der Waals surface area contributed by atoms with Crippen LogP contribution < -0.4 is 10.6 Å². The number of rotatable bonds is 6. The number of nitrogens with one attached hydrogen (secondary N) is 2. The normalized spacial score (nSPS) is 26.8. The molecule has 3 N–H and O–H groups in total. The Morgan fingerprint density at radius 3 is 2.61 bits per heavy atom. The van der Waals surface area contributed by atoms with Crippen molar-refractivity contribution in [1.29, 1.82) is 0 Å². The Kier molecular flexibility index (Phi) is 5.98. The first-order valence-electron chi connectivity index (χ1n) is 8.52. The number of carbonyl (C=O) groups is 3. The fourth-order valence-corrected chi connectivity index (χ4v) is 3.31. The molecule has 2 rings (SSSR count). The summed E-state index contributed by atoms with van der Waals surface area (Å²) in [4.78, 5) is 37.9. The van der Waals surface area contributed by atoms with Gasteiger partial charge in [0.25, 0.3) is 0 Å². The highest BCUT2D eigenvalue weighted by molar-refractivity contribution is 5.92. The summed E-state index contributed by atoms with van der Waals surface area (Å²) < 4.78 is 0. The van der Waals surface area contributed by atoms with Crippen molar-refractivity contribution in [1.82, 2.24) is 15.5 Å². The highest BCUT2D eigenvalue weighted by atomic mass is 16.4. The predicted molar refractivity (Wildman–Crippen MR) is 84.8 cm³/mol. The molecule has 0 aromatic rings. The molecule has 2 aliphatic heterocycles. The Morgan fingerprint density at radius 2 is 2.04 bits per heavy atom. The number of likely N-dealkylation sites (tertiary alicyclic amines) is 1. The van der Waals surface area contributed by atoms with Gasteiger partial charge >= 0.3 is 5.97 Å². The molecular weight excluding hydrogens is 298 g/mol. The van der Waals surface area contributed by atoms with E-state index in [1.54, 1.807) is 0 Å². The molecule has 0 aromatic heterocycles. The number of carboxylic acids is 1. The van der Waals surface area contributed by atoms with E-state index >= 15 is 0 Å². The summed E-state index contributed by atoms with van der Waals surface area (Å²) in [6.07, 6.45) is 3.63. The molecule has 0 unspecified atom stereocenters. The van der Waals surface area contributed by atoms with Crippen molar-refractivity contribution in [2.45, 2.75) is 64.1 Å². The van der Waals surface area contributed by atoms with Gasteiger partial charge in [-0.15, -0.1) is 0 Å². The maximum Gasteiger partial charge on any atom is 0.326 e. The number of carbonyl (C=O) groups excluding carboxylic acids is 2. The van der Waals surface area contributed by atoms with Crippen LogP contribution in [-0.2, 0) is 14.4 Å². The van der Waals surface area contributed by atoms with Gasteiger partial charge in [-0.05, 0) is 38.1 Å². The van der Waals surface area contributed by atoms with Gasteiger partial charge in [0.15, 0.2) is 0 Å². The van der Waals surface area contributed by atoms with Gasteiger partial charge in [0, 0.05) is 6.54 Å². The quantitative estimate of drug-likeness (QED) is 0.654. The van der Waals surface area contributed by atoms with E-state index in [0.29, 0.717) is 19.4 Å². The molecule has 2 heterocycles. The van der Waals surface area contributed by atoms with E-state index < -0.39 is 18.1 Å². The van der Waals surface area contributed by atoms with E-state index in [1.807, 2.05) is 13.8 Å². The molecule has 0 spiro atoms. The van der Waals surface area contributed by atoms with Crippen LogP contribution in [0.3, 0.4) is 0 Å². The Hall–Kier alpha value is -1.63. The van der Waals surface area contributed by atoms with Crippen LogP contribution in [0.2, 0.25) is 0 Å². The van der Waals surface area contributed by atoms with E-state index in [1.165, 1.54) is 4.90 Å². The highest BCUT2D eigenvalue weighted by Crippen LogP contribution is 2.21. The molecule has 0 bridgehead atoms. The second-order valence-corrected chi connectivity index (χ2v) is 6.55. The monoisotopic (exact) mass is 325 g/mol. The smallest absolute Gasteiger partial charge is 0.326 e. The molecule has 2 amide bonds. The minimum atomic E-state index is -0.970. The lowest BCUT2D eigenvalue weighted by Gasteiger charge is -2.31. The zero-order chi connectivity index (χ0) is 17.0. The zero-order valence-electron chi connectivity index (χ0n) is 13.9. The van der Waals surface area contributed by atoms with Crippen LogP contribution in [0.15, 0.2) is 0 Å². The Balaban J connectivity index is 2.09. The average molecular weight is 325 g/mol. The lowest BCUT2D eigenvalue weighted by atomic mass is 9.97. The summed E-state index contributed by atoms with van der Waals surface area (Å²) in [5, 5.41) is 15.3. The number of amides is 2. The molecule has 2 saturated heterocycles. The molecule has 23 heavy (non-hydrogen) atoms. The maximum atomic E-state index is 12.8. The van der Waals surface area contributed by atoms with Crippen LogP contribution in [0.4, 0.5) is 0 Å². The van der Waals surface area contributed by atoms with E-state index in [-0.39, 0.29) is 23.8 Å². The lowest BCUT2D eigenvalue weighted by Crippen LogP contribution is -2.56. The summed E-state index contributed by atoms with van der Waals surface area (Å²) in [6.45, 7) is 5.13. The van der Waals surface area contributed by atoms with Crippen molar-refractivity contribution < 1.29 is 19.5 Å². The van der Waals surface area contributed by atoms with E-state index in [0.717, 1.165) is 25.8 Å². The number of carboxylic acid groups (broad SMARTS) is 1. The Bertz CT molecular complexity index is 462. The van der Waals surface area contributed by atoms with Crippen LogP contribution in [0.25, 0.3) is 0 Å². The van der Waals surface area contributed by atoms with Gasteiger partial charge in [-0.25, -0.2) is 4.79 Å². The predicted octanol–water partition coefficient (Wildman–Crippen LogP) is 0.345. The summed E-state index contributed by atoms with van der Waals surface area (Å²) in [5.74, 6) is -1.44. The van der Waals surface area contributed by atoms with Gasteiger partial charge < -0.3 is 20.6 Å². The second-order valence-electron chi connectivity index (χ2n) is 6.55. The zero-order valence-corrected chi connectivity index (χ0v) is 13.9. The number of hydrogen-bond acceptors (Lipinski definition) is 4. The van der Waals surface area contributed by atoms with E-state index in [9.17, 15) is 19.5 Å². The summed E-state index contributed by atoms with van der Waals surface area (Å²) >= 11 is 0. The third-order valence-corrected chi connectivity index (χ3v) is 4.97. The van der Waals surface area contributed by atoms with E-state index in [4.69, 9.17) is 0 Å². The third kappa shape index (κ3) is 4.02. The minimum absolute atomic E-state index is 0.0390. The van der Waals surface area contributed by atoms with Gasteiger partial charge in [0.1, 0.15) is 12.1 Å². The number of nitrogens with zero attached hydrogens (tertiary/aromatic N) is 1. The van der Waals surface area contributed by atoms with Crippen LogP contribution in [-0.4, -0.2) is 59.0 Å². The van der Waals surface area contributed by atoms with Gasteiger partial charge in [-0.1, -0.05) is 20.3 Å². The molecule has 4 atom stereocenters. The molecule has 0 saturated carbocycles. The van der Waals surface area contributed by atoms with Crippen LogP contribution >= 0.6 is 0 Å². The fourth-order valence-electron chi connectivity index (χ4n) is 3.31. The Labute approximate surface area is 136 Å². The summed E-state index contributed by atoms with van der Waals surface area (Å²) in [7, 11) is 0. The van der Waals surface area contributed by atoms with Crippen LogP contribution in [0.1, 0.15) is 46.0 Å². The SMILES string of the molecule is CC[C@H](C)[C@H](NC(=O)[C@@H]1CCCN1)C(=O)N1CCC[C@@H]1C(=O)O. The first-order valence-corrected chi connectivity index (χ1v) is 8.52. The molecule has 130 valence electrons. The van der Waals surface area contributed by atoms with Crippen molar-refractivity contribution in [3.8, 4) is 0 Å². The molecular formula is C16H27N3O4. The number of aliphatic carboxylic acids is 1. The maximum absolute atomic E-state index is 12.8. The molecule has 7 heteroatoms. The van der Waals surface area contributed by atoms with Gasteiger partial charge in [-0.3, -0.25) is 9.59 Å². The van der Waals surface area contributed by atoms with Crippen molar-refractivity contribution in [3.05, 3.63) is 0 Å². The largest absolute Gasteiger partial charge is 0.480 e. The molecule has 7 nitrogen and oxygen atoms in total.